The van der Waals surface area contributed by atoms with Gasteiger partial charge < -0.3 is 11.1 Å². The van der Waals surface area contributed by atoms with Crippen LogP contribution in [0.25, 0.3) is 23.2 Å². The maximum atomic E-state index is 6.20. The van der Waals surface area contributed by atoms with Crippen LogP contribution in [-0.4, -0.2) is 54.5 Å². The quantitative estimate of drug-likeness (QED) is 0.406. The van der Waals surface area contributed by atoms with E-state index in [0.717, 1.165) is 54.0 Å². The van der Waals surface area contributed by atoms with E-state index in [1.165, 1.54) is 42.6 Å². The molecule has 37 heavy (non-hydrogen) atoms. The Morgan fingerprint density at radius 2 is 1.81 bits per heavy atom. The van der Waals surface area contributed by atoms with Gasteiger partial charge in [-0.15, -0.1) is 15.3 Å². The lowest BCUT2D eigenvalue weighted by Gasteiger charge is -2.24. The van der Waals surface area contributed by atoms with Crippen molar-refractivity contribution in [2.75, 3.05) is 30.7 Å². The van der Waals surface area contributed by atoms with E-state index in [4.69, 9.17) is 5.73 Å². The number of nitrogens with two attached hydrogens (primary N) is 1. The van der Waals surface area contributed by atoms with Crippen LogP contribution < -0.4 is 11.1 Å². The third-order valence-electron chi connectivity index (χ3n) is 7.02. The lowest BCUT2D eigenvalue weighted by Crippen LogP contribution is -2.29. The summed E-state index contributed by atoms with van der Waals surface area (Å²) in [6.07, 6.45) is 13.0. The fraction of sp³-hybridized carbons (Fsp3) is 0.321. The molecule has 0 spiro atoms. The van der Waals surface area contributed by atoms with E-state index in [1.807, 2.05) is 24.3 Å². The fourth-order valence-corrected chi connectivity index (χ4v) is 5.10. The SMILES string of the molecule is Nc1nc(Nc2ccc(/C=C/CN3CCCCC3)nc2)nn1-c1cc2c(nn1)-c1ccccc1CCC2. The minimum absolute atomic E-state index is 0.246. The van der Waals surface area contributed by atoms with E-state index in [0.29, 0.717) is 11.8 Å². The van der Waals surface area contributed by atoms with Crippen molar-refractivity contribution in [3.05, 3.63) is 71.6 Å². The molecule has 1 fully saturated rings. The zero-order valence-corrected chi connectivity index (χ0v) is 20.8. The molecule has 2 aliphatic rings. The molecule has 6 rings (SSSR count). The van der Waals surface area contributed by atoms with Crippen molar-refractivity contribution in [1.29, 1.82) is 0 Å². The summed E-state index contributed by atoms with van der Waals surface area (Å²) < 4.78 is 1.53. The molecular weight excluding hydrogens is 462 g/mol. The number of hydrogen-bond acceptors (Lipinski definition) is 8. The van der Waals surface area contributed by atoms with Crippen LogP contribution in [-0.2, 0) is 12.8 Å². The molecule has 1 saturated heterocycles. The molecule has 0 amide bonds. The van der Waals surface area contributed by atoms with Gasteiger partial charge in [0.25, 0.3) is 0 Å². The van der Waals surface area contributed by atoms with Crippen LogP contribution in [0.5, 0.6) is 0 Å². The molecule has 4 heterocycles. The molecule has 9 heteroatoms. The maximum absolute atomic E-state index is 6.20. The number of aryl methyl sites for hydroxylation is 2. The van der Waals surface area contributed by atoms with Gasteiger partial charge in [0.15, 0.2) is 5.82 Å². The molecule has 0 bridgehead atoms. The number of rotatable bonds is 6. The minimum Gasteiger partial charge on any atom is -0.368 e. The van der Waals surface area contributed by atoms with Gasteiger partial charge in [0.1, 0.15) is 0 Å². The van der Waals surface area contributed by atoms with Crippen molar-refractivity contribution < 1.29 is 0 Å². The highest BCUT2D eigenvalue weighted by Crippen LogP contribution is 2.31. The third-order valence-corrected chi connectivity index (χ3v) is 7.02. The molecule has 1 aromatic carbocycles. The topological polar surface area (TPSA) is 111 Å². The number of nitrogens with zero attached hydrogens (tertiary/aromatic N) is 7. The molecule has 0 radical (unpaired) electrons. The molecule has 188 valence electrons. The van der Waals surface area contributed by atoms with Crippen LogP contribution in [0, 0.1) is 0 Å². The number of nitrogen functional groups attached to an aromatic ring is 1. The van der Waals surface area contributed by atoms with Crippen LogP contribution in [0.3, 0.4) is 0 Å². The minimum atomic E-state index is 0.246. The number of benzene rings is 1. The zero-order chi connectivity index (χ0) is 25.0. The molecule has 9 nitrogen and oxygen atoms in total. The van der Waals surface area contributed by atoms with Gasteiger partial charge in [-0.05, 0) is 80.6 Å². The second-order valence-corrected chi connectivity index (χ2v) is 9.65. The Morgan fingerprint density at radius 3 is 2.68 bits per heavy atom. The largest absolute Gasteiger partial charge is 0.368 e. The summed E-state index contributed by atoms with van der Waals surface area (Å²) in [7, 11) is 0. The van der Waals surface area contributed by atoms with Crippen LogP contribution in [0.15, 0.2) is 54.7 Å². The van der Waals surface area contributed by atoms with Gasteiger partial charge in [-0.3, -0.25) is 9.88 Å². The number of likely N-dealkylation sites (tertiary alicyclic amines) is 1. The van der Waals surface area contributed by atoms with Crippen molar-refractivity contribution in [1.82, 2.24) is 34.8 Å². The number of nitrogens with one attached hydrogen (secondary N) is 1. The predicted octanol–water partition coefficient (Wildman–Crippen LogP) is 4.43. The Hall–Kier alpha value is -4.11. The Kier molecular flexibility index (Phi) is 6.60. The highest BCUT2D eigenvalue weighted by atomic mass is 15.4. The summed E-state index contributed by atoms with van der Waals surface area (Å²) >= 11 is 0. The van der Waals surface area contributed by atoms with Crippen molar-refractivity contribution in [2.24, 2.45) is 0 Å². The number of pyridine rings is 1. The average Bonchev–Trinajstić information content (AvgIpc) is 3.19. The third kappa shape index (κ3) is 5.22. The van der Waals surface area contributed by atoms with E-state index in [1.54, 1.807) is 6.20 Å². The molecule has 3 N–H and O–H groups in total. The standard InChI is InChI=1S/C28H31N9/c29-27-32-28(31-23-14-13-22(30-19-23)11-7-17-36-15-4-1-5-16-36)35-37(27)25-18-21-10-6-9-20-8-2-3-12-24(20)26(21)34-33-25/h2-3,7-8,11-14,18-19H,1,4-6,9-10,15-17H2,(H3,29,31,32,35)/b11-7+. The molecular formula is C28H31N9. The van der Waals surface area contributed by atoms with E-state index in [2.05, 4.69) is 65.8 Å². The first-order valence-corrected chi connectivity index (χ1v) is 13.0. The number of piperidine rings is 1. The molecule has 1 aliphatic heterocycles. The van der Waals surface area contributed by atoms with E-state index < -0.39 is 0 Å². The summed E-state index contributed by atoms with van der Waals surface area (Å²) in [5.41, 5.74) is 12.5. The monoisotopic (exact) mass is 493 g/mol. The average molecular weight is 494 g/mol. The summed E-state index contributed by atoms with van der Waals surface area (Å²) in [4.78, 5) is 11.4. The van der Waals surface area contributed by atoms with Crippen LogP contribution in [0.4, 0.5) is 17.6 Å². The van der Waals surface area contributed by atoms with E-state index in [9.17, 15) is 0 Å². The van der Waals surface area contributed by atoms with Gasteiger partial charge in [-0.2, -0.15) is 9.67 Å². The van der Waals surface area contributed by atoms with Gasteiger partial charge in [0.05, 0.1) is 23.3 Å². The maximum Gasteiger partial charge on any atom is 0.248 e. The molecule has 0 atom stereocenters. The van der Waals surface area contributed by atoms with Crippen molar-refractivity contribution in [2.45, 2.75) is 38.5 Å². The number of anilines is 3. The normalized spacial score (nSPS) is 15.8. The first-order valence-electron chi connectivity index (χ1n) is 13.0. The Balaban J connectivity index is 1.15. The summed E-state index contributed by atoms with van der Waals surface area (Å²) in [6, 6.07) is 14.4. The molecule has 4 aromatic rings. The summed E-state index contributed by atoms with van der Waals surface area (Å²) in [5, 5.41) is 16.7. The number of fused-ring (bicyclic) bond motifs is 3. The lowest BCUT2D eigenvalue weighted by atomic mass is 10.0. The second kappa shape index (κ2) is 10.5. The zero-order valence-electron chi connectivity index (χ0n) is 20.8. The Bertz CT molecular complexity index is 1400. The molecule has 0 saturated carbocycles. The highest BCUT2D eigenvalue weighted by molar-refractivity contribution is 5.68. The van der Waals surface area contributed by atoms with E-state index in [-0.39, 0.29) is 5.95 Å². The Labute approximate surface area is 216 Å². The van der Waals surface area contributed by atoms with Crippen molar-refractivity contribution >= 4 is 23.7 Å². The Morgan fingerprint density at radius 1 is 0.946 bits per heavy atom. The molecule has 3 aromatic heterocycles. The summed E-state index contributed by atoms with van der Waals surface area (Å²) in [5.74, 6) is 1.19. The van der Waals surface area contributed by atoms with Gasteiger partial charge in [0, 0.05) is 12.1 Å². The van der Waals surface area contributed by atoms with Crippen molar-refractivity contribution in [3.63, 3.8) is 0 Å². The second-order valence-electron chi connectivity index (χ2n) is 9.65. The lowest BCUT2D eigenvalue weighted by molar-refractivity contribution is 0.252. The van der Waals surface area contributed by atoms with Gasteiger partial charge in [0.2, 0.25) is 11.9 Å². The highest BCUT2D eigenvalue weighted by Gasteiger charge is 2.19. The molecule has 0 unspecified atom stereocenters. The number of hydrogen-bond donors (Lipinski definition) is 2. The fourth-order valence-electron chi connectivity index (χ4n) is 5.10. The van der Waals surface area contributed by atoms with Gasteiger partial charge in [-0.25, -0.2) is 0 Å². The van der Waals surface area contributed by atoms with Gasteiger partial charge >= 0.3 is 0 Å². The van der Waals surface area contributed by atoms with Gasteiger partial charge in [-0.1, -0.05) is 36.8 Å². The first kappa shape index (κ1) is 23.3. The van der Waals surface area contributed by atoms with Crippen LogP contribution in [0.2, 0.25) is 0 Å². The number of aromatic nitrogens is 6. The predicted molar refractivity (Wildman–Crippen MR) is 146 cm³/mol. The first-order chi connectivity index (χ1) is 18.2. The van der Waals surface area contributed by atoms with Crippen LogP contribution in [0.1, 0.15) is 42.5 Å². The molecule has 1 aliphatic carbocycles. The van der Waals surface area contributed by atoms with E-state index >= 15 is 0 Å². The smallest absolute Gasteiger partial charge is 0.248 e. The summed E-state index contributed by atoms with van der Waals surface area (Å²) in [6.45, 7) is 3.35. The van der Waals surface area contributed by atoms with Crippen LogP contribution >= 0.6 is 0 Å². The van der Waals surface area contributed by atoms with Crippen molar-refractivity contribution in [3.8, 4) is 17.1 Å².